The molecule has 0 amide bonds. The molecule has 1 unspecified atom stereocenters. The highest BCUT2D eigenvalue weighted by Crippen LogP contribution is 2.17. The van der Waals surface area contributed by atoms with E-state index in [2.05, 4.69) is 4.90 Å². The van der Waals surface area contributed by atoms with Crippen LogP contribution in [0, 0.1) is 5.92 Å². The summed E-state index contributed by atoms with van der Waals surface area (Å²) in [6, 6.07) is 0. The number of hydrogen-bond donors (Lipinski definition) is 1. The molecule has 0 aromatic carbocycles. The molecule has 70 valence electrons. The van der Waals surface area contributed by atoms with Crippen LogP contribution in [-0.2, 0) is 4.79 Å². The van der Waals surface area contributed by atoms with Gasteiger partial charge in [0.25, 0.3) is 0 Å². The van der Waals surface area contributed by atoms with Crippen LogP contribution < -0.4 is 5.73 Å². The van der Waals surface area contributed by atoms with Crippen molar-refractivity contribution >= 4 is 5.78 Å². The largest absolute Gasteiger partial charge is 0.329 e. The molecule has 0 saturated carbocycles. The molecule has 3 heteroatoms. The van der Waals surface area contributed by atoms with Gasteiger partial charge in [-0.3, -0.25) is 4.79 Å². The summed E-state index contributed by atoms with van der Waals surface area (Å²) in [5, 5.41) is 0. The zero-order valence-electron chi connectivity index (χ0n) is 7.75. The second-order valence-electron chi connectivity index (χ2n) is 3.39. The van der Waals surface area contributed by atoms with Crippen LogP contribution in [0.4, 0.5) is 0 Å². The lowest BCUT2D eigenvalue weighted by atomic mass is 10.0. The Morgan fingerprint density at radius 3 is 3.00 bits per heavy atom. The van der Waals surface area contributed by atoms with Gasteiger partial charge in [-0.1, -0.05) is 6.92 Å². The molecule has 1 rings (SSSR count). The molecular formula is C9H18N2O. The molecule has 0 aliphatic carbocycles. The van der Waals surface area contributed by atoms with E-state index in [1.54, 1.807) is 0 Å². The quantitative estimate of drug-likeness (QED) is 0.657. The van der Waals surface area contributed by atoms with E-state index in [0.29, 0.717) is 24.7 Å². The van der Waals surface area contributed by atoms with Gasteiger partial charge in [0.05, 0.1) is 0 Å². The predicted molar refractivity (Wildman–Crippen MR) is 48.9 cm³/mol. The average molecular weight is 170 g/mol. The van der Waals surface area contributed by atoms with Gasteiger partial charge in [-0.05, 0) is 13.0 Å². The number of nitrogens with zero attached hydrogens (tertiary/aromatic N) is 1. The summed E-state index contributed by atoms with van der Waals surface area (Å²) < 4.78 is 0. The Hall–Kier alpha value is -0.410. The van der Waals surface area contributed by atoms with Crippen LogP contribution in [0.25, 0.3) is 0 Å². The highest BCUT2D eigenvalue weighted by Gasteiger charge is 2.25. The minimum Gasteiger partial charge on any atom is -0.329 e. The summed E-state index contributed by atoms with van der Waals surface area (Å²) in [5.74, 6) is 0.705. The third-order valence-electron chi connectivity index (χ3n) is 2.52. The monoisotopic (exact) mass is 170 g/mol. The highest BCUT2D eigenvalue weighted by atomic mass is 16.1. The third kappa shape index (κ3) is 2.29. The zero-order valence-corrected chi connectivity index (χ0v) is 7.75. The van der Waals surface area contributed by atoms with Crippen molar-refractivity contribution in [2.24, 2.45) is 11.7 Å². The molecule has 1 fully saturated rings. The van der Waals surface area contributed by atoms with Crippen molar-refractivity contribution in [3.8, 4) is 0 Å². The van der Waals surface area contributed by atoms with Gasteiger partial charge >= 0.3 is 0 Å². The van der Waals surface area contributed by atoms with E-state index in [1.807, 2.05) is 6.92 Å². The zero-order chi connectivity index (χ0) is 8.97. The third-order valence-corrected chi connectivity index (χ3v) is 2.52. The van der Waals surface area contributed by atoms with E-state index in [9.17, 15) is 4.79 Å². The number of ketones is 1. The molecule has 0 spiro atoms. The highest BCUT2D eigenvalue weighted by molar-refractivity contribution is 5.81. The van der Waals surface area contributed by atoms with Crippen molar-refractivity contribution in [3.05, 3.63) is 0 Å². The topological polar surface area (TPSA) is 46.3 Å². The molecule has 1 heterocycles. The molecule has 12 heavy (non-hydrogen) atoms. The normalized spacial score (nSPS) is 24.7. The van der Waals surface area contributed by atoms with E-state index in [0.717, 1.165) is 26.1 Å². The average Bonchev–Trinajstić information content (AvgIpc) is 2.52. The Bertz CT molecular complexity index is 159. The van der Waals surface area contributed by atoms with E-state index in [-0.39, 0.29) is 0 Å². The predicted octanol–water partition coefficient (Wildman–Crippen LogP) is 0.246. The summed E-state index contributed by atoms with van der Waals surface area (Å²) in [5.41, 5.74) is 5.44. The number of carbonyl (C=O) groups excluding carboxylic acids is 1. The van der Waals surface area contributed by atoms with Gasteiger partial charge in [-0.2, -0.15) is 0 Å². The number of nitrogens with two attached hydrogens (primary N) is 1. The first-order valence-electron chi connectivity index (χ1n) is 4.73. The maximum Gasteiger partial charge on any atom is 0.137 e. The number of carbonyl (C=O) groups is 1. The first-order chi connectivity index (χ1) is 5.77. The second kappa shape index (κ2) is 4.58. The van der Waals surface area contributed by atoms with Crippen molar-refractivity contribution in [2.45, 2.75) is 19.8 Å². The molecule has 0 aromatic rings. The molecule has 1 aliphatic heterocycles. The Kier molecular flexibility index (Phi) is 3.69. The Labute approximate surface area is 73.9 Å². The number of Topliss-reactive ketones (excluding diaryl/α,β-unsaturated/α-hetero) is 1. The summed E-state index contributed by atoms with van der Waals surface area (Å²) in [6.45, 7) is 5.56. The molecule has 0 aromatic heterocycles. The molecule has 1 saturated heterocycles. The number of likely N-dealkylation sites (tertiary alicyclic amines) is 1. The van der Waals surface area contributed by atoms with Crippen molar-refractivity contribution in [2.75, 3.05) is 26.2 Å². The standard InChI is InChI=1S/C9H18N2O/c1-2-9(12)8-3-5-11(7-8)6-4-10/h8H,2-7,10H2,1H3. The fourth-order valence-electron chi connectivity index (χ4n) is 1.77. The summed E-state index contributed by atoms with van der Waals surface area (Å²) in [7, 11) is 0. The van der Waals surface area contributed by atoms with E-state index < -0.39 is 0 Å². The van der Waals surface area contributed by atoms with Crippen LogP contribution in [0.5, 0.6) is 0 Å². The smallest absolute Gasteiger partial charge is 0.137 e. The van der Waals surface area contributed by atoms with Gasteiger partial charge < -0.3 is 10.6 Å². The van der Waals surface area contributed by atoms with E-state index in [1.165, 1.54) is 0 Å². The fraction of sp³-hybridized carbons (Fsp3) is 0.889. The first-order valence-corrected chi connectivity index (χ1v) is 4.73. The minimum absolute atomic E-state index is 0.293. The Morgan fingerprint density at radius 1 is 1.67 bits per heavy atom. The van der Waals surface area contributed by atoms with Gasteiger partial charge in [0, 0.05) is 32.0 Å². The van der Waals surface area contributed by atoms with Crippen molar-refractivity contribution in [3.63, 3.8) is 0 Å². The molecule has 1 aliphatic rings. The Morgan fingerprint density at radius 2 is 2.42 bits per heavy atom. The van der Waals surface area contributed by atoms with Gasteiger partial charge in [-0.25, -0.2) is 0 Å². The SMILES string of the molecule is CCC(=O)C1CCN(CCN)C1. The maximum absolute atomic E-state index is 11.3. The summed E-state index contributed by atoms with van der Waals surface area (Å²) >= 11 is 0. The molecule has 0 bridgehead atoms. The first kappa shape index (κ1) is 9.68. The summed E-state index contributed by atoms with van der Waals surface area (Å²) in [4.78, 5) is 13.6. The minimum atomic E-state index is 0.293. The fourth-order valence-corrected chi connectivity index (χ4v) is 1.77. The van der Waals surface area contributed by atoms with Crippen LogP contribution >= 0.6 is 0 Å². The maximum atomic E-state index is 11.3. The molecule has 3 nitrogen and oxygen atoms in total. The van der Waals surface area contributed by atoms with E-state index >= 15 is 0 Å². The van der Waals surface area contributed by atoms with Crippen LogP contribution in [0.1, 0.15) is 19.8 Å². The molecular weight excluding hydrogens is 152 g/mol. The number of hydrogen-bond acceptors (Lipinski definition) is 3. The lowest BCUT2D eigenvalue weighted by Gasteiger charge is -2.13. The van der Waals surface area contributed by atoms with Crippen molar-refractivity contribution in [1.82, 2.24) is 4.90 Å². The van der Waals surface area contributed by atoms with Crippen molar-refractivity contribution < 1.29 is 4.79 Å². The van der Waals surface area contributed by atoms with Gasteiger partial charge in [0.2, 0.25) is 0 Å². The Balaban J connectivity index is 2.30. The van der Waals surface area contributed by atoms with Crippen LogP contribution in [0.15, 0.2) is 0 Å². The lowest BCUT2D eigenvalue weighted by molar-refractivity contribution is -0.122. The number of rotatable bonds is 4. The van der Waals surface area contributed by atoms with Gasteiger partial charge in [0.15, 0.2) is 0 Å². The van der Waals surface area contributed by atoms with Crippen LogP contribution in [0.2, 0.25) is 0 Å². The van der Waals surface area contributed by atoms with Gasteiger partial charge in [0.1, 0.15) is 5.78 Å². The second-order valence-corrected chi connectivity index (χ2v) is 3.39. The molecule has 0 radical (unpaired) electrons. The lowest BCUT2D eigenvalue weighted by Crippen LogP contribution is -2.28. The van der Waals surface area contributed by atoms with Crippen LogP contribution in [-0.4, -0.2) is 36.9 Å². The van der Waals surface area contributed by atoms with Crippen molar-refractivity contribution in [1.29, 1.82) is 0 Å². The molecule has 2 N–H and O–H groups in total. The van der Waals surface area contributed by atoms with Gasteiger partial charge in [-0.15, -0.1) is 0 Å². The molecule has 1 atom stereocenters. The summed E-state index contributed by atoms with van der Waals surface area (Å²) in [6.07, 6.45) is 1.72. The van der Waals surface area contributed by atoms with Crippen LogP contribution in [0.3, 0.4) is 0 Å². The van der Waals surface area contributed by atoms with E-state index in [4.69, 9.17) is 5.73 Å².